The first-order valence-electron chi connectivity index (χ1n) is 4.67. The summed E-state index contributed by atoms with van der Waals surface area (Å²) in [5.41, 5.74) is 0. The number of rotatable bonds is 3. The normalized spacial score (nSPS) is 21.3. The molecule has 2 amide bonds. The summed E-state index contributed by atoms with van der Waals surface area (Å²) in [6.07, 6.45) is 0. The number of ether oxygens (including phenoxy) is 1. The molecule has 0 bridgehead atoms. The van der Waals surface area contributed by atoms with E-state index in [4.69, 9.17) is 0 Å². The zero-order valence-electron chi connectivity index (χ0n) is 8.74. The summed E-state index contributed by atoms with van der Waals surface area (Å²) in [6, 6.07) is -0.0544. The standard InChI is InChI=1S/C9H16N2O3/c1-6(2)7-4-11(9(13)10-7)5-8(12)14-3/h6-7H,4-5H2,1-3H3,(H,10,13). The van der Waals surface area contributed by atoms with Crippen LogP contribution in [0.3, 0.4) is 0 Å². The fourth-order valence-electron chi connectivity index (χ4n) is 1.35. The topological polar surface area (TPSA) is 58.6 Å². The average molecular weight is 200 g/mol. The van der Waals surface area contributed by atoms with E-state index in [9.17, 15) is 9.59 Å². The molecule has 0 aromatic carbocycles. The number of hydrogen-bond donors (Lipinski definition) is 1. The maximum Gasteiger partial charge on any atom is 0.325 e. The van der Waals surface area contributed by atoms with Gasteiger partial charge in [0.2, 0.25) is 0 Å². The van der Waals surface area contributed by atoms with E-state index in [0.29, 0.717) is 12.5 Å². The van der Waals surface area contributed by atoms with Gasteiger partial charge in [-0.2, -0.15) is 0 Å². The second-order valence-corrected chi connectivity index (χ2v) is 3.76. The van der Waals surface area contributed by atoms with E-state index in [1.165, 1.54) is 12.0 Å². The van der Waals surface area contributed by atoms with Gasteiger partial charge < -0.3 is 15.0 Å². The third-order valence-electron chi connectivity index (χ3n) is 2.37. The van der Waals surface area contributed by atoms with Crippen LogP contribution in [-0.4, -0.2) is 43.1 Å². The van der Waals surface area contributed by atoms with Gasteiger partial charge in [-0.3, -0.25) is 4.79 Å². The number of carbonyl (C=O) groups excluding carboxylic acids is 2. The molecular weight excluding hydrogens is 184 g/mol. The molecule has 0 radical (unpaired) electrons. The smallest absolute Gasteiger partial charge is 0.325 e. The molecule has 0 spiro atoms. The highest BCUT2D eigenvalue weighted by molar-refractivity contribution is 5.82. The van der Waals surface area contributed by atoms with Crippen LogP contribution in [0, 0.1) is 5.92 Å². The van der Waals surface area contributed by atoms with Gasteiger partial charge in [-0.1, -0.05) is 13.8 Å². The number of carbonyl (C=O) groups is 2. The first kappa shape index (κ1) is 10.8. The monoisotopic (exact) mass is 200 g/mol. The van der Waals surface area contributed by atoms with E-state index >= 15 is 0 Å². The lowest BCUT2D eigenvalue weighted by molar-refractivity contribution is -0.141. The van der Waals surface area contributed by atoms with Gasteiger partial charge in [-0.25, -0.2) is 4.79 Å². The molecule has 1 aliphatic rings. The quantitative estimate of drug-likeness (QED) is 0.662. The molecule has 5 heteroatoms. The van der Waals surface area contributed by atoms with Crippen molar-refractivity contribution in [3.8, 4) is 0 Å². The molecular formula is C9H16N2O3. The van der Waals surface area contributed by atoms with Crippen molar-refractivity contribution in [2.45, 2.75) is 19.9 Å². The van der Waals surface area contributed by atoms with Crippen LogP contribution in [-0.2, 0) is 9.53 Å². The van der Waals surface area contributed by atoms with Crippen LogP contribution in [0.1, 0.15) is 13.8 Å². The van der Waals surface area contributed by atoms with E-state index in [2.05, 4.69) is 10.1 Å². The number of nitrogens with one attached hydrogen (secondary N) is 1. The maximum absolute atomic E-state index is 11.3. The Labute approximate surface area is 83.4 Å². The molecule has 0 aromatic heterocycles. The molecule has 1 N–H and O–H groups in total. The van der Waals surface area contributed by atoms with Gasteiger partial charge in [0, 0.05) is 6.54 Å². The van der Waals surface area contributed by atoms with Crippen LogP contribution >= 0.6 is 0 Å². The van der Waals surface area contributed by atoms with E-state index in [1.54, 1.807) is 0 Å². The molecule has 1 atom stereocenters. The van der Waals surface area contributed by atoms with Gasteiger partial charge in [0.05, 0.1) is 13.2 Å². The Bertz CT molecular complexity index is 240. The minimum atomic E-state index is -0.385. The van der Waals surface area contributed by atoms with Crippen LogP contribution in [0.5, 0.6) is 0 Å². The summed E-state index contributed by atoms with van der Waals surface area (Å²) < 4.78 is 4.50. The number of esters is 1. The second kappa shape index (κ2) is 4.30. The number of urea groups is 1. The summed E-state index contributed by atoms with van der Waals surface area (Å²) in [4.78, 5) is 23.8. The summed E-state index contributed by atoms with van der Waals surface area (Å²) in [7, 11) is 1.32. The van der Waals surface area contributed by atoms with Crippen molar-refractivity contribution in [1.29, 1.82) is 0 Å². The van der Waals surface area contributed by atoms with E-state index < -0.39 is 0 Å². The van der Waals surface area contributed by atoms with E-state index in [1.807, 2.05) is 13.8 Å². The summed E-state index contributed by atoms with van der Waals surface area (Å²) in [6.45, 7) is 4.68. The minimum Gasteiger partial charge on any atom is -0.468 e. The largest absolute Gasteiger partial charge is 0.468 e. The molecule has 1 heterocycles. The molecule has 0 saturated carbocycles. The molecule has 14 heavy (non-hydrogen) atoms. The van der Waals surface area contributed by atoms with Crippen LogP contribution in [0.2, 0.25) is 0 Å². The first-order valence-corrected chi connectivity index (χ1v) is 4.67. The third-order valence-corrected chi connectivity index (χ3v) is 2.37. The molecule has 1 fully saturated rings. The molecule has 1 aliphatic heterocycles. The van der Waals surface area contributed by atoms with Crippen LogP contribution in [0.25, 0.3) is 0 Å². The van der Waals surface area contributed by atoms with E-state index in [-0.39, 0.29) is 24.6 Å². The fourth-order valence-corrected chi connectivity index (χ4v) is 1.35. The molecule has 1 rings (SSSR count). The van der Waals surface area contributed by atoms with Crippen molar-refractivity contribution < 1.29 is 14.3 Å². The highest BCUT2D eigenvalue weighted by Crippen LogP contribution is 2.11. The zero-order valence-corrected chi connectivity index (χ0v) is 8.74. The van der Waals surface area contributed by atoms with Crippen LogP contribution < -0.4 is 5.32 Å². The van der Waals surface area contributed by atoms with E-state index in [0.717, 1.165) is 0 Å². The Morgan fingerprint density at radius 2 is 2.36 bits per heavy atom. The van der Waals surface area contributed by atoms with Gasteiger partial charge in [-0.05, 0) is 5.92 Å². The number of methoxy groups -OCH3 is 1. The van der Waals surface area contributed by atoms with Crippen LogP contribution in [0.4, 0.5) is 4.79 Å². The SMILES string of the molecule is COC(=O)CN1CC(C(C)C)NC1=O. The Kier molecular flexibility index (Phi) is 3.33. The fraction of sp³-hybridized carbons (Fsp3) is 0.778. The number of amides is 2. The highest BCUT2D eigenvalue weighted by Gasteiger charge is 2.31. The van der Waals surface area contributed by atoms with Gasteiger partial charge in [0.15, 0.2) is 0 Å². The lowest BCUT2D eigenvalue weighted by Crippen LogP contribution is -2.33. The molecule has 1 saturated heterocycles. The number of hydrogen-bond acceptors (Lipinski definition) is 3. The third kappa shape index (κ3) is 2.37. The first-order chi connectivity index (χ1) is 6.54. The summed E-state index contributed by atoms with van der Waals surface area (Å²) in [5, 5.41) is 2.81. The zero-order chi connectivity index (χ0) is 10.7. The van der Waals surface area contributed by atoms with Crippen molar-refractivity contribution in [3.63, 3.8) is 0 Å². The maximum atomic E-state index is 11.3. The predicted octanol–water partition coefficient (Wildman–Crippen LogP) is 0.209. The minimum absolute atomic E-state index is 0.0333. The lowest BCUT2D eigenvalue weighted by atomic mass is 10.1. The van der Waals surface area contributed by atoms with Gasteiger partial charge in [-0.15, -0.1) is 0 Å². The van der Waals surface area contributed by atoms with Crippen LogP contribution in [0.15, 0.2) is 0 Å². The predicted molar refractivity (Wildman–Crippen MR) is 50.7 cm³/mol. The Morgan fingerprint density at radius 3 is 2.79 bits per heavy atom. The highest BCUT2D eigenvalue weighted by atomic mass is 16.5. The van der Waals surface area contributed by atoms with Gasteiger partial charge >= 0.3 is 12.0 Å². The summed E-state index contributed by atoms with van der Waals surface area (Å²) in [5.74, 6) is -0.00819. The van der Waals surface area contributed by atoms with Crippen molar-refractivity contribution >= 4 is 12.0 Å². The number of nitrogens with zero attached hydrogens (tertiary/aromatic N) is 1. The van der Waals surface area contributed by atoms with Crippen molar-refractivity contribution in [1.82, 2.24) is 10.2 Å². The van der Waals surface area contributed by atoms with Crippen molar-refractivity contribution in [2.24, 2.45) is 5.92 Å². The molecule has 0 aliphatic carbocycles. The molecule has 0 aromatic rings. The van der Waals surface area contributed by atoms with Gasteiger partial charge in [0.25, 0.3) is 0 Å². The average Bonchev–Trinajstić information content (AvgIpc) is 2.48. The second-order valence-electron chi connectivity index (χ2n) is 3.76. The lowest BCUT2D eigenvalue weighted by Gasteiger charge is -2.14. The van der Waals surface area contributed by atoms with Crippen molar-refractivity contribution in [2.75, 3.05) is 20.2 Å². The van der Waals surface area contributed by atoms with Crippen molar-refractivity contribution in [3.05, 3.63) is 0 Å². The molecule has 80 valence electrons. The Hall–Kier alpha value is -1.26. The molecule has 5 nitrogen and oxygen atoms in total. The summed E-state index contributed by atoms with van der Waals surface area (Å²) >= 11 is 0. The molecule has 1 unspecified atom stereocenters. The Morgan fingerprint density at radius 1 is 1.71 bits per heavy atom. The van der Waals surface area contributed by atoms with Gasteiger partial charge in [0.1, 0.15) is 6.54 Å². The Balaban J connectivity index is 2.49.